The van der Waals surface area contributed by atoms with Crippen molar-refractivity contribution in [2.45, 2.75) is 6.61 Å². The molecule has 0 fully saturated rings. The smallest absolute Gasteiger partial charge is 0.335 e. The van der Waals surface area contributed by atoms with Crippen molar-refractivity contribution in [3.05, 3.63) is 59.2 Å². The van der Waals surface area contributed by atoms with E-state index in [1.165, 1.54) is 24.3 Å². The normalized spacial score (nSPS) is 10.3. The minimum Gasteiger partial charge on any atom is -0.487 e. The van der Waals surface area contributed by atoms with Crippen molar-refractivity contribution in [2.75, 3.05) is 5.73 Å². The average molecular weight is 279 g/mol. The fourth-order valence-electron chi connectivity index (χ4n) is 1.60. The summed E-state index contributed by atoms with van der Waals surface area (Å²) in [6.45, 7) is -0.00613. The van der Waals surface area contributed by atoms with Crippen LogP contribution in [0.3, 0.4) is 0 Å². The fourth-order valence-corrected chi connectivity index (χ4v) is 1.60. The van der Waals surface area contributed by atoms with E-state index in [0.29, 0.717) is 5.56 Å². The van der Waals surface area contributed by atoms with Crippen LogP contribution in [0.1, 0.15) is 15.9 Å². The number of rotatable bonds is 4. The highest BCUT2D eigenvalue weighted by molar-refractivity contribution is 5.89. The standard InChI is InChI=1S/C14H11F2NO3/c15-10-3-1-8(5-11(10)16)7-20-13-4-2-9(14(18)19)6-12(13)17/h1-6H,7,17H2,(H,18,19). The maximum Gasteiger partial charge on any atom is 0.335 e. The van der Waals surface area contributed by atoms with Gasteiger partial charge in [-0.25, -0.2) is 13.6 Å². The highest BCUT2D eigenvalue weighted by atomic mass is 19.2. The number of carboxylic acids is 1. The van der Waals surface area contributed by atoms with Crippen LogP contribution in [0.2, 0.25) is 0 Å². The third-order valence-electron chi connectivity index (χ3n) is 2.64. The molecule has 2 aromatic rings. The highest BCUT2D eigenvalue weighted by Crippen LogP contribution is 2.23. The molecule has 0 radical (unpaired) electrons. The molecule has 0 aromatic heterocycles. The zero-order chi connectivity index (χ0) is 14.7. The SMILES string of the molecule is Nc1cc(C(=O)O)ccc1OCc1ccc(F)c(F)c1. The molecule has 0 atom stereocenters. The van der Waals surface area contributed by atoms with E-state index in [1.807, 2.05) is 0 Å². The van der Waals surface area contributed by atoms with E-state index in [2.05, 4.69) is 0 Å². The molecule has 0 saturated heterocycles. The Balaban J connectivity index is 2.10. The summed E-state index contributed by atoms with van der Waals surface area (Å²) in [5, 5.41) is 8.79. The topological polar surface area (TPSA) is 72.6 Å². The van der Waals surface area contributed by atoms with E-state index >= 15 is 0 Å². The van der Waals surface area contributed by atoms with Gasteiger partial charge in [-0.05, 0) is 35.9 Å². The number of hydrogen-bond donors (Lipinski definition) is 2. The Hall–Kier alpha value is -2.63. The van der Waals surface area contributed by atoms with E-state index in [1.54, 1.807) is 0 Å². The number of carbonyl (C=O) groups is 1. The number of nitrogen functional groups attached to an aromatic ring is 1. The predicted molar refractivity (Wildman–Crippen MR) is 68.5 cm³/mol. The maximum absolute atomic E-state index is 13.0. The lowest BCUT2D eigenvalue weighted by molar-refractivity contribution is 0.0697. The van der Waals surface area contributed by atoms with Gasteiger partial charge in [0.1, 0.15) is 12.4 Å². The number of carboxylic acid groups (broad SMARTS) is 1. The van der Waals surface area contributed by atoms with Gasteiger partial charge in [-0.15, -0.1) is 0 Å². The molecule has 0 unspecified atom stereocenters. The number of anilines is 1. The number of aromatic carboxylic acids is 1. The highest BCUT2D eigenvalue weighted by Gasteiger charge is 2.08. The van der Waals surface area contributed by atoms with E-state index < -0.39 is 17.6 Å². The molecule has 0 aliphatic carbocycles. The van der Waals surface area contributed by atoms with Crippen molar-refractivity contribution in [1.82, 2.24) is 0 Å². The first-order valence-electron chi connectivity index (χ1n) is 5.67. The van der Waals surface area contributed by atoms with Crippen molar-refractivity contribution >= 4 is 11.7 Å². The second-order valence-corrected chi connectivity index (χ2v) is 4.09. The van der Waals surface area contributed by atoms with Gasteiger partial charge in [-0.2, -0.15) is 0 Å². The number of nitrogens with two attached hydrogens (primary N) is 1. The molecule has 0 aliphatic heterocycles. The molecule has 2 aromatic carbocycles. The van der Waals surface area contributed by atoms with Gasteiger partial charge in [-0.1, -0.05) is 6.07 Å². The Morgan fingerprint density at radius 2 is 1.90 bits per heavy atom. The molecule has 0 heterocycles. The summed E-state index contributed by atoms with van der Waals surface area (Å²) in [5.74, 6) is -2.71. The minimum absolute atomic E-state index is 0.00613. The first-order chi connectivity index (χ1) is 9.47. The summed E-state index contributed by atoms with van der Waals surface area (Å²) >= 11 is 0. The van der Waals surface area contributed by atoms with E-state index in [4.69, 9.17) is 15.6 Å². The van der Waals surface area contributed by atoms with Crippen LogP contribution in [-0.2, 0) is 6.61 Å². The van der Waals surface area contributed by atoms with Gasteiger partial charge >= 0.3 is 5.97 Å². The summed E-state index contributed by atoms with van der Waals surface area (Å²) in [6.07, 6.45) is 0. The summed E-state index contributed by atoms with van der Waals surface area (Å²) in [6, 6.07) is 7.45. The van der Waals surface area contributed by atoms with Gasteiger partial charge in [-0.3, -0.25) is 0 Å². The Bertz CT molecular complexity index is 659. The van der Waals surface area contributed by atoms with Crippen LogP contribution in [0, 0.1) is 11.6 Å². The lowest BCUT2D eigenvalue weighted by atomic mass is 10.2. The van der Waals surface area contributed by atoms with Crippen molar-refractivity contribution in [1.29, 1.82) is 0 Å². The van der Waals surface area contributed by atoms with E-state index in [9.17, 15) is 13.6 Å². The lowest BCUT2D eigenvalue weighted by Gasteiger charge is -2.09. The lowest BCUT2D eigenvalue weighted by Crippen LogP contribution is -2.02. The zero-order valence-corrected chi connectivity index (χ0v) is 10.3. The molecule has 104 valence electrons. The van der Waals surface area contributed by atoms with Crippen LogP contribution in [0.15, 0.2) is 36.4 Å². The molecule has 0 saturated carbocycles. The number of benzene rings is 2. The largest absolute Gasteiger partial charge is 0.487 e. The van der Waals surface area contributed by atoms with E-state index in [-0.39, 0.29) is 23.6 Å². The van der Waals surface area contributed by atoms with Crippen LogP contribution in [0.5, 0.6) is 5.75 Å². The quantitative estimate of drug-likeness (QED) is 0.844. The molecular weight excluding hydrogens is 268 g/mol. The van der Waals surface area contributed by atoms with Gasteiger partial charge < -0.3 is 15.6 Å². The Morgan fingerprint density at radius 3 is 2.50 bits per heavy atom. The summed E-state index contributed by atoms with van der Waals surface area (Å²) in [7, 11) is 0. The summed E-state index contributed by atoms with van der Waals surface area (Å²) in [4.78, 5) is 10.7. The second-order valence-electron chi connectivity index (χ2n) is 4.09. The number of ether oxygens (including phenoxy) is 1. The van der Waals surface area contributed by atoms with Crippen LogP contribution in [0.25, 0.3) is 0 Å². The summed E-state index contributed by atoms with van der Waals surface area (Å²) in [5.41, 5.74) is 6.29. The third kappa shape index (κ3) is 3.03. The van der Waals surface area contributed by atoms with Crippen LogP contribution in [0.4, 0.5) is 14.5 Å². The second kappa shape index (κ2) is 5.56. The number of halogens is 2. The Labute approximate surface area is 113 Å². The predicted octanol–water partition coefficient (Wildman–Crippen LogP) is 2.82. The molecule has 6 heteroatoms. The van der Waals surface area contributed by atoms with Gasteiger partial charge in [0.25, 0.3) is 0 Å². The van der Waals surface area contributed by atoms with Crippen LogP contribution < -0.4 is 10.5 Å². The molecule has 2 rings (SSSR count). The van der Waals surface area contributed by atoms with Gasteiger partial charge in [0.05, 0.1) is 11.3 Å². The first kappa shape index (κ1) is 13.8. The number of hydrogen-bond acceptors (Lipinski definition) is 3. The molecule has 4 nitrogen and oxygen atoms in total. The molecule has 20 heavy (non-hydrogen) atoms. The Morgan fingerprint density at radius 1 is 1.15 bits per heavy atom. The third-order valence-corrected chi connectivity index (χ3v) is 2.64. The van der Waals surface area contributed by atoms with Crippen molar-refractivity contribution in [3.8, 4) is 5.75 Å². The minimum atomic E-state index is -1.09. The van der Waals surface area contributed by atoms with Crippen LogP contribution >= 0.6 is 0 Å². The molecule has 0 spiro atoms. The van der Waals surface area contributed by atoms with Crippen molar-refractivity contribution in [3.63, 3.8) is 0 Å². The Kier molecular flexibility index (Phi) is 3.84. The van der Waals surface area contributed by atoms with Crippen molar-refractivity contribution < 1.29 is 23.4 Å². The van der Waals surface area contributed by atoms with Gasteiger partial charge in [0.15, 0.2) is 11.6 Å². The summed E-state index contributed by atoms with van der Waals surface area (Å²) < 4.78 is 31.1. The average Bonchev–Trinajstić information content (AvgIpc) is 2.41. The molecule has 0 bridgehead atoms. The van der Waals surface area contributed by atoms with Crippen molar-refractivity contribution in [2.24, 2.45) is 0 Å². The molecule has 0 aliphatic rings. The fraction of sp³-hybridized carbons (Fsp3) is 0.0714. The van der Waals surface area contributed by atoms with Gasteiger partial charge in [0, 0.05) is 0 Å². The first-order valence-corrected chi connectivity index (χ1v) is 5.67. The van der Waals surface area contributed by atoms with Crippen LogP contribution in [-0.4, -0.2) is 11.1 Å². The zero-order valence-electron chi connectivity index (χ0n) is 10.3. The molecule has 0 amide bonds. The van der Waals surface area contributed by atoms with E-state index in [0.717, 1.165) is 12.1 Å². The molecular formula is C14H11F2NO3. The maximum atomic E-state index is 13.0. The van der Waals surface area contributed by atoms with Gasteiger partial charge in [0.2, 0.25) is 0 Å². The molecule has 3 N–H and O–H groups in total. The monoisotopic (exact) mass is 279 g/mol.